The minimum absolute atomic E-state index is 0.0871. The summed E-state index contributed by atoms with van der Waals surface area (Å²) in [6.07, 6.45) is 1.98. The molecule has 5 heteroatoms. The van der Waals surface area contributed by atoms with Crippen molar-refractivity contribution in [1.82, 2.24) is 4.90 Å². The Hall–Kier alpha value is -1.49. The minimum atomic E-state index is -0.815. The molecule has 0 aliphatic heterocycles. The second-order valence-corrected chi connectivity index (χ2v) is 5.75. The Bertz CT molecular complexity index is 422. The lowest BCUT2D eigenvalue weighted by molar-refractivity contribution is -0.138. The van der Waals surface area contributed by atoms with Crippen molar-refractivity contribution in [3.63, 3.8) is 0 Å². The highest BCUT2D eigenvalue weighted by Crippen LogP contribution is 2.18. The summed E-state index contributed by atoms with van der Waals surface area (Å²) in [5.41, 5.74) is 0. The van der Waals surface area contributed by atoms with Crippen molar-refractivity contribution in [2.75, 3.05) is 19.3 Å². The van der Waals surface area contributed by atoms with Crippen LogP contribution >= 0.6 is 11.8 Å². The van der Waals surface area contributed by atoms with Gasteiger partial charge in [-0.2, -0.15) is 0 Å². The minimum Gasteiger partial charge on any atom is -0.481 e. The number of nitrogens with zero attached hydrogens (tertiary/aromatic N) is 1. The second-order valence-electron chi connectivity index (χ2n) is 4.58. The van der Waals surface area contributed by atoms with Crippen molar-refractivity contribution in [3.8, 4) is 0 Å². The standard InChI is InChI=1S/C15H21NO3S/c1-16(11-5-10-15(18)19)14(17)9-6-12-20-13-7-3-2-4-8-13/h2-4,7-8H,5-6,9-12H2,1H3,(H,18,19). The highest BCUT2D eigenvalue weighted by molar-refractivity contribution is 7.99. The van der Waals surface area contributed by atoms with E-state index in [1.165, 1.54) is 4.90 Å². The molecule has 0 saturated heterocycles. The molecule has 110 valence electrons. The number of amides is 1. The van der Waals surface area contributed by atoms with E-state index in [0.29, 0.717) is 19.4 Å². The fraction of sp³-hybridized carbons (Fsp3) is 0.467. The molecule has 0 unspecified atom stereocenters. The average molecular weight is 295 g/mol. The summed E-state index contributed by atoms with van der Waals surface area (Å²) in [6.45, 7) is 0.511. The van der Waals surface area contributed by atoms with Gasteiger partial charge in [-0.25, -0.2) is 0 Å². The lowest BCUT2D eigenvalue weighted by Crippen LogP contribution is -2.27. The molecular formula is C15H21NO3S. The molecule has 0 atom stereocenters. The summed E-state index contributed by atoms with van der Waals surface area (Å²) in [7, 11) is 1.73. The van der Waals surface area contributed by atoms with Gasteiger partial charge in [0.05, 0.1) is 0 Å². The first kappa shape index (κ1) is 16.6. The number of carbonyl (C=O) groups is 2. The van der Waals surface area contributed by atoms with Crippen LogP contribution in [-0.2, 0) is 9.59 Å². The summed E-state index contributed by atoms with van der Waals surface area (Å²) in [5.74, 6) is 0.188. The van der Waals surface area contributed by atoms with Crippen LogP contribution in [0.1, 0.15) is 25.7 Å². The van der Waals surface area contributed by atoms with E-state index in [4.69, 9.17) is 5.11 Å². The SMILES string of the molecule is CN(CCCC(=O)O)C(=O)CCCSc1ccccc1. The zero-order valence-corrected chi connectivity index (χ0v) is 12.6. The Balaban J connectivity index is 2.11. The van der Waals surface area contributed by atoms with Crippen LogP contribution in [0.25, 0.3) is 0 Å². The third-order valence-corrected chi connectivity index (χ3v) is 3.96. The van der Waals surface area contributed by atoms with Crippen LogP contribution in [0.15, 0.2) is 35.2 Å². The Kier molecular flexibility index (Phi) is 7.80. The number of benzene rings is 1. The summed E-state index contributed by atoms with van der Waals surface area (Å²) in [6, 6.07) is 10.1. The van der Waals surface area contributed by atoms with Crippen molar-refractivity contribution in [1.29, 1.82) is 0 Å². The number of hydrogen-bond acceptors (Lipinski definition) is 3. The van der Waals surface area contributed by atoms with Gasteiger partial charge in [-0.15, -0.1) is 11.8 Å². The first-order valence-electron chi connectivity index (χ1n) is 6.73. The lowest BCUT2D eigenvalue weighted by atomic mass is 10.2. The molecule has 0 bridgehead atoms. The smallest absolute Gasteiger partial charge is 0.303 e. The van der Waals surface area contributed by atoms with Gasteiger partial charge in [-0.3, -0.25) is 9.59 Å². The zero-order valence-electron chi connectivity index (χ0n) is 11.7. The van der Waals surface area contributed by atoms with Crippen LogP contribution in [0.4, 0.5) is 0 Å². The molecule has 20 heavy (non-hydrogen) atoms. The van der Waals surface area contributed by atoms with Crippen LogP contribution in [-0.4, -0.2) is 41.2 Å². The Labute approximate surface area is 124 Å². The molecule has 1 aromatic carbocycles. The van der Waals surface area contributed by atoms with Gasteiger partial charge in [0.1, 0.15) is 0 Å². The fourth-order valence-corrected chi connectivity index (χ4v) is 2.59. The van der Waals surface area contributed by atoms with E-state index >= 15 is 0 Å². The summed E-state index contributed by atoms with van der Waals surface area (Å²) < 4.78 is 0. The zero-order chi connectivity index (χ0) is 14.8. The van der Waals surface area contributed by atoms with E-state index < -0.39 is 5.97 Å². The molecule has 0 aromatic heterocycles. The summed E-state index contributed by atoms with van der Waals surface area (Å²) in [5, 5.41) is 8.54. The van der Waals surface area contributed by atoms with Crippen molar-refractivity contribution in [3.05, 3.63) is 30.3 Å². The number of carboxylic acids is 1. The van der Waals surface area contributed by atoms with E-state index in [2.05, 4.69) is 12.1 Å². The normalized spacial score (nSPS) is 10.2. The van der Waals surface area contributed by atoms with Crippen molar-refractivity contribution in [2.24, 2.45) is 0 Å². The molecule has 1 rings (SSSR count). The van der Waals surface area contributed by atoms with E-state index in [-0.39, 0.29) is 12.3 Å². The molecule has 4 nitrogen and oxygen atoms in total. The number of hydrogen-bond donors (Lipinski definition) is 1. The molecule has 0 aliphatic rings. The number of thioether (sulfide) groups is 1. The third-order valence-electron chi connectivity index (χ3n) is 2.86. The first-order chi connectivity index (χ1) is 9.59. The molecule has 0 aliphatic carbocycles. The molecular weight excluding hydrogens is 274 g/mol. The van der Waals surface area contributed by atoms with Gasteiger partial charge in [-0.05, 0) is 30.7 Å². The number of aliphatic carboxylic acids is 1. The van der Waals surface area contributed by atoms with Crippen molar-refractivity contribution < 1.29 is 14.7 Å². The molecule has 1 N–H and O–H groups in total. The maximum Gasteiger partial charge on any atom is 0.303 e. The van der Waals surface area contributed by atoms with Crippen LogP contribution in [0.5, 0.6) is 0 Å². The predicted octanol–water partition coefficient (Wildman–Crippen LogP) is 2.88. The highest BCUT2D eigenvalue weighted by Gasteiger charge is 2.08. The lowest BCUT2D eigenvalue weighted by Gasteiger charge is -2.16. The van der Waals surface area contributed by atoms with Crippen LogP contribution in [0.2, 0.25) is 0 Å². The first-order valence-corrected chi connectivity index (χ1v) is 7.72. The summed E-state index contributed by atoms with van der Waals surface area (Å²) >= 11 is 1.75. The molecule has 0 heterocycles. The maximum atomic E-state index is 11.8. The van der Waals surface area contributed by atoms with Gasteiger partial charge in [0.15, 0.2) is 0 Å². The molecule has 0 spiro atoms. The van der Waals surface area contributed by atoms with Gasteiger partial charge < -0.3 is 10.0 Å². The summed E-state index contributed by atoms with van der Waals surface area (Å²) in [4.78, 5) is 25.0. The molecule has 0 fully saturated rings. The highest BCUT2D eigenvalue weighted by atomic mass is 32.2. The average Bonchev–Trinajstić information content (AvgIpc) is 2.44. The Morgan fingerprint density at radius 1 is 1.15 bits per heavy atom. The Morgan fingerprint density at radius 2 is 1.85 bits per heavy atom. The molecule has 1 amide bonds. The molecule has 0 saturated carbocycles. The largest absolute Gasteiger partial charge is 0.481 e. The van der Waals surface area contributed by atoms with Crippen LogP contribution in [0.3, 0.4) is 0 Å². The topological polar surface area (TPSA) is 57.6 Å². The number of rotatable bonds is 9. The molecule has 0 radical (unpaired) electrons. The van der Waals surface area contributed by atoms with Crippen molar-refractivity contribution >= 4 is 23.6 Å². The van der Waals surface area contributed by atoms with Crippen LogP contribution in [0, 0.1) is 0 Å². The van der Waals surface area contributed by atoms with Gasteiger partial charge in [0, 0.05) is 31.3 Å². The fourth-order valence-electron chi connectivity index (χ4n) is 1.71. The monoisotopic (exact) mass is 295 g/mol. The van der Waals surface area contributed by atoms with Gasteiger partial charge >= 0.3 is 5.97 Å². The van der Waals surface area contributed by atoms with Crippen molar-refractivity contribution in [2.45, 2.75) is 30.6 Å². The van der Waals surface area contributed by atoms with E-state index in [1.54, 1.807) is 23.7 Å². The van der Waals surface area contributed by atoms with Crippen LogP contribution < -0.4 is 0 Å². The van der Waals surface area contributed by atoms with E-state index in [1.807, 2.05) is 18.2 Å². The predicted molar refractivity (Wildman–Crippen MR) is 80.9 cm³/mol. The maximum absolute atomic E-state index is 11.8. The Morgan fingerprint density at radius 3 is 2.50 bits per heavy atom. The van der Waals surface area contributed by atoms with Gasteiger partial charge in [-0.1, -0.05) is 18.2 Å². The number of carboxylic acid groups (broad SMARTS) is 1. The molecule has 1 aromatic rings. The second kappa shape index (κ2) is 9.42. The van der Waals surface area contributed by atoms with E-state index in [9.17, 15) is 9.59 Å². The van der Waals surface area contributed by atoms with Gasteiger partial charge in [0.25, 0.3) is 0 Å². The number of carbonyl (C=O) groups excluding carboxylic acids is 1. The quantitative estimate of drug-likeness (QED) is 0.562. The van der Waals surface area contributed by atoms with Gasteiger partial charge in [0.2, 0.25) is 5.91 Å². The third kappa shape index (κ3) is 7.19. The van der Waals surface area contributed by atoms with E-state index in [0.717, 1.165) is 12.2 Å².